The lowest BCUT2D eigenvalue weighted by Gasteiger charge is -2.13. The molecule has 1 saturated heterocycles. The molecule has 1 fully saturated rings. The first-order valence-corrected chi connectivity index (χ1v) is 6.12. The first-order chi connectivity index (χ1) is 8.27. The molecule has 0 unspecified atom stereocenters. The maximum atomic E-state index is 11.6. The minimum Gasteiger partial charge on any atom is -0.469 e. The van der Waals surface area contributed by atoms with Crippen LogP contribution in [0.1, 0.15) is 22.7 Å². The SMILES string of the molecule is C=C1C(=O)O[C@@H](c2cccs2)[C@H]1c1ccco1. The van der Waals surface area contributed by atoms with Crippen LogP contribution in [0.2, 0.25) is 0 Å². The summed E-state index contributed by atoms with van der Waals surface area (Å²) in [5.74, 6) is 0.167. The number of thiophene rings is 1. The predicted octanol–water partition coefficient (Wildman–Crippen LogP) is 3.28. The van der Waals surface area contributed by atoms with Crippen LogP contribution < -0.4 is 0 Å². The number of hydrogen-bond acceptors (Lipinski definition) is 4. The molecular weight excluding hydrogens is 236 g/mol. The van der Waals surface area contributed by atoms with Gasteiger partial charge < -0.3 is 9.15 Å². The Morgan fingerprint density at radius 3 is 2.82 bits per heavy atom. The van der Waals surface area contributed by atoms with E-state index in [1.807, 2.05) is 23.6 Å². The third-order valence-electron chi connectivity index (χ3n) is 2.85. The van der Waals surface area contributed by atoms with Crippen molar-refractivity contribution in [1.29, 1.82) is 0 Å². The van der Waals surface area contributed by atoms with E-state index in [9.17, 15) is 4.79 Å². The molecule has 0 bridgehead atoms. The summed E-state index contributed by atoms with van der Waals surface area (Å²) in [5.41, 5.74) is 0.457. The molecule has 2 aromatic rings. The van der Waals surface area contributed by atoms with Gasteiger partial charge >= 0.3 is 5.97 Å². The lowest BCUT2D eigenvalue weighted by Crippen LogP contribution is -2.04. The smallest absolute Gasteiger partial charge is 0.334 e. The first kappa shape index (κ1) is 10.4. The van der Waals surface area contributed by atoms with Gasteiger partial charge in [-0.05, 0) is 23.6 Å². The number of esters is 1. The van der Waals surface area contributed by atoms with Crippen molar-refractivity contribution in [3.63, 3.8) is 0 Å². The zero-order chi connectivity index (χ0) is 11.8. The normalized spacial score (nSPS) is 24.0. The molecule has 3 nitrogen and oxygen atoms in total. The molecule has 0 radical (unpaired) electrons. The zero-order valence-electron chi connectivity index (χ0n) is 8.96. The fourth-order valence-electron chi connectivity index (χ4n) is 2.03. The molecule has 0 N–H and O–H groups in total. The van der Waals surface area contributed by atoms with Crippen molar-refractivity contribution >= 4 is 17.3 Å². The Morgan fingerprint density at radius 1 is 1.29 bits per heavy atom. The fourth-order valence-corrected chi connectivity index (χ4v) is 2.82. The number of hydrogen-bond donors (Lipinski definition) is 0. The Bertz CT molecular complexity index is 539. The number of carbonyl (C=O) groups is 1. The van der Waals surface area contributed by atoms with Gasteiger partial charge in [0.2, 0.25) is 0 Å². The quantitative estimate of drug-likeness (QED) is 0.603. The van der Waals surface area contributed by atoms with Crippen LogP contribution in [0.5, 0.6) is 0 Å². The largest absolute Gasteiger partial charge is 0.469 e. The Kier molecular flexibility index (Phi) is 2.37. The number of cyclic esters (lactones) is 1. The Morgan fingerprint density at radius 2 is 2.18 bits per heavy atom. The second-order valence-electron chi connectivity index (χ2n) is 3.86. The van der Waals surface area contributed by atoms with Crippen LogP contribution in [-0.4, -0.2) is 5.97 Å². The van der Waals surface area contributed by atoms with Crippen molar-refractivity contribution < 1.29 is 13.9 Å². The van der Waals surface area contributed by atoms with Crippen LogP contribution in [0.4, 0.5) is 0 Å². The maximum absolute atomic E-state index is 11.6. The van der Waals surface area contributed by atoms with Crippen LogP contribution >= 0.6 is 11.3 Å². The van der Waals surface area contributed by atoms with Gasteiger partial charge in [-0.3, -0.25) is 0 Å². The molecule has 0 aliphatic carbocycles. The van der Waals surface area contributed by atoms with E-state index >= 15 is 0 Å². The van der Waals surface area contributed by atoms with E-state index in [1.54, 1.807) is 23.7 Å². The Labute approximate surface area is 102 Å². The van der Waals surface area contributed by atoms with E-state index in [-0.39, 0.29) is 18.0 Å². The highest BCUT2D eigenvalue weighted by Crippen LogP contribution is 2.46. The van der Waals surface area contributed by atoms with Gasteiger partial charge in [0.15, 0.2) is 6.10 Å². The average molecular weight is 246 g/mol. The number of carbonyl (C=O) groups excluding carboxylic acids is 1. The van der Waals surface area contributed by atoms with Crippen LogP contribution in [0.15, 0.2) is 52.5 Å². The minimum atomic E-state index is -0.343. The van der Waals surface area contributed by atoms with Crippen molar-refractivity contribution in [2.24, 2.45) is 0 Å². The molecule has 4 heteroatoms. The molecule has 1 aliphatic heterocycles. The number of ether oxygens (including phenoxy) is 1. The molecule has 1 aliphatic rings. The highest BCUT2D eigenvalue weighted by atomic mass is 32.1. The van der Waals surface area contributed by atoms with Gasteiger partial charge in [-0.25, -0.2) is 4.79 Å². The molecule has 3 heterocycles. The fraction of sp³-hybridized carbons (Fsp3) is 0.154. The standard InChI is InChI=1S/C13H10O3S/c1-8-11(9-4-2-6-15-9)12(16-13(8)14)10-5-3-7-17-10/h2-7,11-12H,1H2/t11-,12+/m1/s1. The van der Waals surface area contributed by atoms with Gasteiger partial charge in [0, 0.05) is 10.5 Å². The molecule has 86 valence electrons. The Hall–Kier alpha value is -1.81. The summed E-state index contributed by atoms with van der Waals surface area (Å²) in [6.45, 7) is 3.80. The summed E-state index contributed by atoms with van der Waals surface area (Å²) in [5, 5.41) is 1.96. The lowest BCUT2D eigenvalue weighted by atomic mass is 9.94. The highest BCUT2D eigenvalue weighted by Gasteiger charge is 2.42. The molecule has 17 heavy (non-hydrogen) atoms. The van der Waals surface area contributed by atoms with Crippen LogP contribution in [0.25, 0.3) is 0 Å². The van der Waals surface area contributed by atoms with Crippen molar-refractivity contribution in [3.8, 4) is 0 Å². The molecule has 0 aromatic carbocycles. The van der Waals surface area contributed by atoms with Gasteiger partial charge in [-0.1, -0.05) is 12.6 Å². The summed E-state index contributed by atoms with van der Waals surface area (Å²) < 4.78 is 10.7. The van der Waals surface area contributed by atoms with Gasteiger partial charge in [0.1, 0.15) is 5.76 Å². The molecule has 0 amide bonds. The van der Waals surface area contributed by atoms with E-state index in [4.69, 9.17) is 9.15 Å². The van der Waals surface area contributed by atoms with Crippen molar-refractivity contribution in [2.45, 2.75) is 12.0 Å². The van der Waals surface area contributed by atoms with E-state index in [0.29, 0.717) is 5.57 Å². The molecule has 0 spiro atoms. The lowest BCUT2D eigenvalue weighted by molar-refractivity contribution is -0.139. The minimum absolute atomic E-state index is 0.212. The molecule has 2 aromatic heterocycles. The molecule has 0 saturated carbocycles. The van der Waals surface area contributed by atoms with Crippen LogP contribution in [0, 0.1) is 0 Å². The molecule has 2 atom stereocenters. The van der Waals surface area contributed by atoms with Crippen LogP contribution in [0.3, 0.4) is 0 Å². The van der Waals surface area contributed by atoms with Crippen molar-refractivity contribution in [3.05, 3.63) is 58.7 Å². The van der Waals surface area contributed by atoms with E-state index < -0.39 is 0 Å². The maximum Gasteiger partial charge on any atom is 0.334 e. The predicted molar refractivity (Wildman–Crippen MR) is 63.7 cm³/mol. The average Bonchev–Trinajstić information content (AvgIpc) is 3.01. The van der Waals surface area contributed by atoms with Gasteiger partial charge in [-0.15, -0.1) is 11.3 Å². The summed E-state index contributed by atoms with van der Waals surface area (Å²) >= 11 is 1.57. The number of rotatable bonds is 2. The monoisotopic (exact) mass is 246 g/mol. The van der Waals surface area contributed by atoms with E-state index in [2.05, 4.69) is 6.58 Å². The summed E-state index contributed by atoms with van der Waals surface area (Å²) in [7, 11) is 0. The van der Waals surface area contributed by atoms with Gasteiger partial charge in [0.25, 0.3) is 0 Å². The third-order valence-corrected chi connectivity index (χ3v) is 3.78. The summed E-state index contributed by atoms with van der Waals surface area (Å²) in [6, 6.07) is 7.54. The zero-order valence-corrected chi connectivity index (χ0v) is 9.78. The molecular formula is C13H10O3S. The van der Waals surface area contributed by atoms with E-state index in [0.717, 1.165) is 10.6 Å². The first-order valence-electron chi connectivity index (χ1n) is 5.24. The summed E-state index contributed by atoms with van der Waals surface area (Å²) in [6.07, 6.45) is 1.29. The summed E-state index contributed by atoms with van der Waals surface area (Å²) in [4.78, 5) is 12.6. The van der Waals surface area contributed by atoms with Gasteiger partial charge in [-0.2, -0.15) is 0 Å². The van der Waals surface area contributed by atoms with Crippen LogP contribution in [-0.2, 0) is 9.53 Å². The van der Waals surface area contributed by atoms with Crippen molar-refractivity contribution in [1.82, 2.24) is 0 Å². The second kappa shape index (κ2) is 3.89. The van der Waals surface area contributed by atoms with Gasteiger partial charge in [0.05, 0.1) is 12.2 Å². The number of furan rings is 1. The highest BCUT2D eigenvalue weighted by molar-refractivity contribution is 7.10. The topological polar surface area (TPSA) is 39.4 Å². The molecule has 3 rings (SSSR count). The van der Waals surface area contributed by atoms with Crippen molar-refractivity contribution in [2.75, 3.05) is 0 Å². The Balaban J connectivity index is 2.03. The second-order valence-corrected chi connectivity index (χ2v) is 4.84. The van der Waals surface area contributed by atoms with E-state index in [1.165, 1.54) is 0 Å². The third kappa shape index (κ3) is 1.61.